The predicted octanol–water partition coefficient (Wildman–Crippen LogP) is 3.40. The van der Waals surface area contributed by atoms with E-state index in [1.165, 1.54) is 18.0 Å². The van der Waals surface area contributed by atoms with E-state index >= 15 is 0 Å². The largest absolute Gasteiger partial charge is 0.416 e. The Hall–Kier alpha value is -1.57. The van der Waals surface area contributed by atoms with Crippen molar-refractivity contribution < 1.29 is 13.2 Å². The summed E-state index contributed by atoms with van der Waals surface area (Å²) in [6.45, 7) is 0. The topological polar surface area (TPSA) is 50.9 Å². The summed E-state index contributed by atoms with van der Waals surface area (Å²) >= 11 is 1.43. The van der Waals surface area contributed by atoms with E-state index in [4.69, 9.17) is 5.84 Å². The van der Waals surface area contributed by atoms with Crippen molar-refractivity contribution in [1.29, 1.82) is 0 Å². The molecule has 0 radical (unpaired) electrons. The zero-order chi connectivity index (χ0) is 15.3. The highest BCUT2D eigenvalue weighted by molar-refractivity contribution is 7.99. The van der Waals surface area contributed by atoms with Crippen LogP contribution in [-0.2, 0) is 6.18 Å². The van der Waals surface area contributed by atoms with Crippen LogP contribution >= 0.6 is 11.8 Å². The first-order chi connectivity index (χ1) is 10.0. The lowest BCUT2D eigenvalue weighted by Gasteiger charge is -2.20. The van der Waals surface area contributed by atoms with Gasteiger partial charge in [-0.05, 0) is 18.2 Å². The summed E-state index contributed by atoms with van der Waals surface area (Å²) in [7, 11) is 0. The lowest BCUT2D eigenvalue weighted by atomic mass is 10.0. The maximum atomic E-state index is 13.0. The highest BCUT2D eigenvalue weighted by Crippen LogP contribution is 2.35. The molecule has 1 heterocycles. The van der Waals surface area contributed by atoms with Gasteiger partial charge in [-0.1, -0.05) is 18.2 Å². The van der Waals surface area contributed by atoms with Gasteiger partial charge in [-0.15, -0.1) is 11.8 Å². The molecule has 0 amide bonds. The molecule has 0 spiro atoms. The van der Waals surface area contributed by atoms with Gasteiger partial charge in [0.25, 0.3) is 0 Å². The first-order valence-electron chi connectivity index (χ1n) is 6.17. The molecule has 112 valence electrons. The lowest BCUT2D eigenvalue weighted by molar-refractivity contribution is -0.138. The second-order valence-corrected chi connectivity index (χ2v) is 5.40. The van der Waals surface area contributed by atoms with Crippen LogP contribution < -0.4 is 11.3 Å². The Morgan fingerprint density at radius 2 is 1.90 bits per heavy atom. The highest BCUT2D eigenvalue weighted by atomic mass is 32.2. The molecule has 0 saturated carbocycles. The van der Waals surface area contributed by atoms with Gasteiger partial charge in [0.05, 0.1) is 11.6 Å². The standard InChI is InChI=1S/C14H14F3N3S/c15-14(16,17)12-6-7-19-8-11(12)13(20-18)9-21-10-4-2-1-3-5-10/h1-8,13,20H,9,18H2. The molecule has 2 aromatic rings. The van der Waals surface area contributed by atoms with Crippen LogP contribution in [-0.4, -0.2) is 10.7 Å². The Bertz CT molecular complexity index is 575. The smallest absolute Gasteiger partial charge is 0.271 e. The molecule has 1 aromatic carbocycles. The molecule has 1 unspecified atom stereocenters. The Labute approximate surface area is 124 Å². The Morgan fingerprint density at radius 1 is 1.19 bits per heavy atom. The van der Waals surface area contributed by atoms with Crippen molar-refractivity contribution in [3.8, 4) is 0 Å². The first-order valence-corrected chi connectivity index (χ1v) is 7.16. The molecule has 0 aliphatic rings. The molecule has 0 fully saturated rings. The number of nitrogens with one attached hydrogen (secondary N) is 1. The minimum atomic E-state index is -4.43. The van der Waals surface area contributed by atoms with E-state index in [0.717, 1.165) is 17.2 Å². The van der Waals surface area contributed by atoms with E-state index in [2.05, 4.69) is 10.4 Å². The van der Waals surface area contributed by atoms with Gasteiger partial charge in [-0.2, -0.15) is 13.2 Å². The lowest BCUT2D eigenvalue weighted by Crippen LogP contribution is -2.31. The van der Waals surface area contributed by atoms with Crippen molar-refractivity contribution in [2.45, 2.75) is 17.1 Å². The van der Waals surface area contributed by atoms with Crippen molar-refractivity contribution >= 4 is 11.8 Å². The average molecular weight is 313 g/mol. The van der Waals surface area contributed by atoms with Crippen LogP contribution in [0, 0.1) is 0 Å². The van der Waals surface area contributed by atoms with Crippen LogP contribution in [0.25, 0.3) is 0 Å². The van der Waals surface area contributed by atoms with Gasteiger partial charge < -0.3 is 0 Å². The van der Waals surface area contributed by atoms with Crippen molar-refractivity contribution in [3.05, 3.63) is 59.9 Å². The summed E-state index contributed by atoms with van der Waals surface area (Å²) in [4.78, 5) is 4.75. The quantitative estimate of drug-likeness (QED) is 0.505. The number of aromatic nitrogens is 1. The molecular formula is C14H14F3N3S. The van der Waals surface area contributed by atoms with E-state index in [0.29, 0.717) is 5.75 Å². The van der Waals surface area contributed by atoms with Crippen LogP contribution in [0.4, 0.5) is 13.2 Å². The van der Waals surface area contributed by atoms with Crippen LogP contribution in [0.2, 0.25) is 0 Å². The normalized spacial score (nSPS) is 13.1. The van der Waals surface area contributed by atoms with Gasteiger partial charge in [0.1, 0.15) is 0 Å². The molecule has 3 nitrogen and oxygen atoms in total. The second-order valence-electron chi connectivity index (χ2n) is 4.30. The summed E-state index contributed by atoms with van der Waals surface area (Å²) in [5.41, 5.74) is 1.78. The molecule has 2 rings (SSSR count). The first kappa shape index (κ1) is 15.8. The van der Waals surface area contributed by atoms with Crippen molar-refractivity contribution in [3.63, 3.8) is 0 Å². The van der Waals surface area contributed by atoms with Crippen LogP contribution in [0.1, 0.15) is 17.2 Å². The molecule has 1 atom stereocenters. The van der Waals surface area contributed by atoms with Gasteiger partial charge in [-0.25, -0.2) is 0 Å². The third-order valence-corrected chi connectivity index (χ3v) is 4.00. The third-order valence-electron chi connectivity index (χ3n) is 2.89. The van der Waals surface area contributed by atoms with Gasteiger partial charge in [-0.3, -0.25) is 16.3 Å². The van der Waals surface area contributed by atoms with Gasteiger partial charge in [0.2, 0.25) is 0 Å². The maximum absolute atomic E-state index is 13.0. The molecule has 0 bridgehead atoms. The van der Waals surface area contributed by atoms with E-state index in [1.807, 2.05) is 30.3 Å². The Balaban J connectivity index is 2.18. The number of nitrogens with two attached hydrogens (primary N) is 1. The van der Waals surface area contributed by atoms with Gasteiger partial charge in [0.15, 0.2) is 0 Å². The number of nitrogens with zero attached hydrogens (tertiary/aromatic N) is 1. The number of halogens is 3. The zero-order valence-corrected chi connectivity index (χ0v) is 11.8. The predicted molar refractivity (Wildman–Crippen MR) is 76.5 cm³/mol. The van der Waals surface area contributed by atoms with E-state index in [1.54, 1.807) is 0 Å². The Kier molecular flexibility index (Phi) is 5.22. The number of rotatable bonds is 5. The molecule has 0 aliphatic carbocycles. The third kappa shape index (κ3) is 4.20. The van der Waals surface area contributed by atoms with Crippen molar-refractivity contribution in [2.75, 3.05) is 5.75 Å². The number of hydrazine groups is 1. The molecule has 1 aromatic heterocycles. The van der Waals surface area contributed by atoms with Gasteiger partial charge >= 0.3 is 6.18 Å². The van der Waals surface area contributed by atoms with Crippen LogP contribution in [0.15, 0.2) is 53.7 Å². The summed E-state index contributed by atoms with van der Waals surface area (Å²) in [5, 5.41) is 0. The number of hydrogen-bond acceptors (Lipinski definition) is 4. The summed E-state index contributed by atoms with van der Waals surface area (Å²) in [6.07, 6.45) is -2.09. The molecule has 7 heteroatoms. The Morgan fingerprint density at radius 3 is 2.52 bits per heavy atom. The van der Waals surface area contributed by atoms with E-state index in [-0.39, 0.29) is 5.56 Å². The maximum Gasteiger partial charge on any atom is 0.416 e. The number of pyridine rings is 1. The van der Waals surface area contributed by atoms with Crippen molar-refractivity contribution in [1.82, 2.24) is 10.4 Å². The summed E-state index contributed by atoms with van der Waals surface area (Å²) in [5.74, 6) is 5.79. The summed E-state index contributed by atoms with van der Waals surface area (Å²) < 4.78 is 39.0. The fraction of sp³-hybridized carbons (Fsp3) is 0.214. The molecule has 3 N–H and O–H groups in total. The van der Waals surface area contributed by atoms with Crippen molar-refractivity contribution in [2.24, 2.45) is 5.84 Å². The fourth-order valence-electron chi connectivity index (χ4n) is 1.87. The monoisotopic (exact) mass is 313 g/mol. The molecule has 21 heavy (non-hydrogen) atoms. The second kappa shape index (κ2) is 6.93. The number of benzene rings is 1. The number of hydrogen-bond donors (Lipinski definition) is 2. The molecule has 0 saturated heterocycles. The minimum absolute atomic E-state index is 0.0518. The minimum Gasteiger partial charge on any atom is -0.271 e. The number of thioether (sulfide) groups is 1. The highest BCUT2D eigenvalue weighted by Gasteiger charge is 2.35. The molecular weight excluding hydrogens is 299 g/mol. The molecule has 0 aliphatic heterocycles. The van der Waals surface area contributed by atoms with E-state index < -0.39 is 17.8 Å². The SMILES string of the molecule is NNC(CSc1ccccc1)c1cnccc1C(F)(F)F. The van der Waals surface area contributed by atoms with Gasteiger partial charge in [0, 0.05) is 28.6 Å². The van der Waals surface area contributed by atoms with Crippen LogP contribution in [0.3, 0.4) is 0 Å². The zero-order valence-electron chi connectivity index (χ0n) is 11.0. The summed E-state index contributed by atoms with van der Waals surface area (Å²) in [6, 6.07) is 9.74. The van der Waals surface area contributed by atoms with E-state index in [9.17, 15) is 13.2 Å². The fourth-order valence-corrected chi connectivity index (χ4v) is 2.85. The van der Waals surface area contributed by atoms with Crippen LogP contribution in [0.5, 0.6) is 0 Å². The average Bonchev–Trinajstić information content (AvgIpc) is 2.48. The number of alkyl halides is 3.